The predicted molar refractivity (Wildman–Crippen MR) is 99.8 cm³/mol. The Bertz CT molecular complexity index is 647. The highest BCUT2D eigenvalue weighted by Crippen LogP contribution is 2.12. The maximum absolute atomic E-state index is 12.3. The second-order valence-electron chi connectivity index (χ2n) is 6.53. The van der Waals surface area contributed by atoms with Crippen LogP contribution in [0.5, 0.6) is 0 Å². The largest absolute Gasteiger partial charge is 0.469 e. The molecule has 0 radical (unpaired) electrons. The fraction of sp³-hybridized carbons (Fsp3) is 0.450. The third-order valence-corrected chi connectivity index (χ3v) is 5.00. The maximum atomic E-state index is 12.3. The smallest absolute Gasteiger partial charge is 0.223 e. The van der Waals surface area contributed by atoms with Crippen molar-refractivity contribution in [1.82, 2.24) is 9.80 Å². The molecular weight excluding hydrogens is 336 g/mol. The van der Waals surface area contributed by atoms with Crippen LogP contribution in [-0.2, 0) is 17.6 Å². The predicted octanol–water partition coefficient (Wildman–Crippen LogP) is 3.64. The normalized spacial score (nSPS) is 15.5. The molecule has 1 amide bonds. The molecule has 3 rings (SSSR count). The lowest BCUT2D eigenvalue weighted by molar-refractivity contribution is -0.133. The van der Waals surface area contributed by atoms with Gasteiger partial charge in [-0.25, -0.2) is 0 Å². The second-order valence-corrected chi connectivity index (χ2v) is 6.97. The average Bonchev–Trinajstić information content (AvgIpc) is 3.15. The van der Waals surface area contributed by atoms with Crippen molar-refractivity contribution in [2.24, 2.45) is 0 Å². The molecule has 2 heterocycles. The van der Waals surface area contributed by atoms with Gasteiger partial charge >= 0.3 is 0 Å². The first-order chi connectivity index (χ1) is 12.2. The standard InChI is InChI=1S/C20H25ClN2O2/c21-18-7-5-17(6-8-18)3-1-11-22-12-14-23(15-13-22)20(24)10-9-19-4-2-16-25-19/h2,4-8,16H,1,3,9-15H2. The number of carbonyl (C=O) groups is 1. The van der Waals surface area contributed by atoms with Gasteiger partial charge in [-0.3, -0.25) is 9.69 Å². The minimum atomic E-state index is 0.234. The first-order valence-corrected chi connectivity index (χ1v) is 9.35. The summed E-state index contributed by atoms with van der Waals surface area (Å²) in [6, 6.07) is 11.9. The third-order valence-electron chi connectivity index (χ3n) is 4.74. The maximum Gasteiger partial charge on any atom is 0.223 e. The van der Waals surface area contributed by atoms with Crippen LogP contribution < -0.4 is 0 Å². The summed E-state index contributed by atoms with van der Waals surface area (Å²) in [7, 11) is 0. The molecule has 1 aliphatic rings. The van der Waals surface area contributed by atoms with Gasteiger partial charge < -0.3 is 9.32 Å². The zero-order valence-electron chi connectivity index (χ0n) is 14.5. The Labute approximate surface area is 154 Å². The van der Waals surface area contributed by atoms with E-state index in [4.69, 9.17) is 16.0 Å². The van der Waals surface area contributed by atoms with Crippen LogP contribution >= 0.6 is 11.6 Å². The van der Waals surface area contributed by atoms with Crippen molar-refractivity contribution in [3.63, 3.8) is 0 Å². The number of furan rings is 1. The number of nitrogens with zero attached hydrogens (tertiary/aromatic N) is 2. The number of hydrogen-bond donors (Lipinski definition) is 0. The van der Waals surface area contributed by atoms with Gasteiger partial charge in [-0.05, 0) is 49.2 Å². The molecule has 0 N–H and O–H groups in total. The van der Waals surface area contributed by atoms with Crippen molar-refractivity contribution in [1.29, 1.82) is 0 Å². The molecule has 0 bridgehead atoms. The van der Waals surface area contributed by atoms with Crippen molar-refractivity contribution in [2.45, 2.75) is 25.7 Å². The Morgan fingerprint density at radius 1 is 1.04 bits per heavy atom. The summed E-state index contributed by atoms with van der Waals surface area (Å²) in [6.07, 6.45) is 5.08. The van der Waals surface area contributed by atoms with E-state index >= 15 is 0 Å². The van der Waals surface area contributed by atoms with Gasteiger partial charge in [0.1, 0.15) is 5.76 Å². The van der Waals surface area contributed by atoms with Gasteiger partial charge in [-0.15, -0.1) is 0 Å². The first-order valence-electron chi connectivity index (χ1n) is 8.98. The van der Waals surface area contributed by atoms with Gasteiger partial charge in [-0.2, -0.15) is 0 Å². The molecule has 0 spiro atoms. The molecule has 0 saturated carbocycles. The molecule has 0 aliphatic carbocycles. The van der Waals surface area contributed by atoms with E-state index in [1.54, 1.807) is 6.26 Å². The molecule has 1 aromatic heterocycles. The van der Waals surface area contributed by atoms with E-state index in [1.807, 2.05) is 29.2 Å². The summed E-state index contributed by atoms with van der Waals surface area (Å²) in [5, 5.41) is 0.789. The van der Waals surface area contributed by atoms with Crippen molar-refractivity contribution in [2.75, 3.05) is 32.7 Å². The van der Waals surface area contributed by atoms with Crippen LogP contribution in [0.2, 0.25) is 5.02 Å². The number of halogens is 1. The average molecular weight is 361 g/mol. The Morgan fingerprint density at radius 3 is 2.48 bits per heavy atom. The van der Waals surface area contributed by atoms with E-state index < -0.39 is 0 Å². The number of piperazine rings is 1. The van der Waals surface area contributed by atoms with Crippen LogP contribution in [0.1, 0.15) is 24.2 Å². The van der Waals surface area contributed by atoms with Crippen molar-refractivity contribution in [3.05, 3.63) is 59.0 Å². The Balaban J connectivity index is 1.32. The SMILES string of the molecule is O=C(CCc1ccco1)N1CCN(CCCc2ccc(Cl)cc2)CC1. The van der Waals surface area contributed by atoms with Gasteiger partial charge in [0.05, 0.1) is 6.26 Å². The van der Waals surface area contributed by atoms with Crippen LogP contribution in [0.25, 0.3) is 0 Å². The fourth-order valence-corrected chi connectivity index (χ4v) is 3.35. The third kappa shape index (κ3) is 5.62. The number of aryl methyl sites for hydroxylation is 2. The van der Waals surface area contributed by atoms with E-state index in [2.05, 4.69) is 17.0 Å². The van der Waals surface area contributed by atoms with Crippen LogP contribution in [0, 0.1) is 0 Å². The monoisotopic (exact) mass is 360 g/mol. The van der Waals surface area contributed by atoms with Crippen LogP contribution in [0.15, 0.2) is 47.1 Å². The summed E-state index contributed by atoms with van der Waals surface area (Å²) in [5.74, 6) is 1.12. The minimum Gasteiger partial charge on any atom is -0.469 e. The first kappa shape index (κ1) is 18.0. The van der Waals surface area contributed by atoms with Crippen LogP contribution in [-0.4, -0.2) is 48.4 Å². The summed E-state index contributed by atoms with van der Waals surface area (Å²) in [6.45, 7) is 4.67. The van der Waals surface area contributed by atoms with Gasteiger partial charge in [0.25, 0.3) is 0 Å². The summed E-state index contributed by atoms with van der Waals surface area (Å²) in [5.41, 5.74) is 1.33. The quantitative estimate of drug-likeness (QED) is 0.756. The summed E-state index contributed by atoms with van der Waals surface area (Å²) < 4.78 is 5.29. The van der Waals surface area contributed by atoms with Crippen molar-refractivity contribution in [3.8, 4) is 0 Å². The molecule has 5 heteroatoms. The van der Waals surface area contributed by atoms with Crippen LogP contribution in [0.3, 0.4) is 0 Å². The zero-order valence-corrected chi connectivity index (χ0v) is 15.3. The highest BCUT2D eigenvalue weighted by Gasteiger charge is 2.20. The molecule has 2 aromatic rings. The number of hydrogen-bond acceptors (Lipinski definition) is 3. The molecule has 1 fully saturated rings. The van der Waals surface area contributed by atoms with E-state index in [1.165, 1.54) is 5.56 Å². The van der Waals surface area contributed by atoms with Gasteiger partial charge in [0.2, 0.25) is 5.91 Å². The van der Waals surface area contributed by atoms with E-state index in [-0.39, 0.29) is 5.91 Å². The molecule has 134 valence electrons. The molecule has 1 saturated heterocycles. The van der Waals surface area contributed by atoms with Gasteiger partial charge in [-0.1, -0.05) is 23.7 Å². The fourth-order valence-electron chi connectivity index (χ4n) is 3.22. The molecular formula is C20H25ClN2O2. The molecule has 1 aromatic carbocycles. The second kappa shape index (κ2) is 9.07. The summed E-state index contributed by atoms with van der Waals surface area (Å²) in [4.78, 5) is 16.7. The van der Waals surface area contributed by atoms with Crippen molar-refractivity contribution < 1.29 is 9.21 Å². The van der Waals surface area contributed by atoms with E-state index in [0.717, 1.165) is 56.3 Å². The Kier molecular flexibility index (Phi) is 6.54. The summed E-state index contributed by atoms with van der Waals surface area (Å²) >= 11 is 5.91. The van der Waals surface area contributed by atoms with Gasteiger partial charge in [0.15, 0.2) is 0 Å². The molecule has 0 unspecified atom stereocenters. The minimum absolute atomic E-state index is 0.234. The molecule has 25 heavy (non-hydrogen) atoms. The lowest BCUT2D eigenvalue weighted by Gasteiger charge is -2.34. The van der Waals surface area contributed by atoms with Crippen molar-refractivity contribution >= 4 is 17.5 Å². The van der Waals surface area contributed by atoms with Gasteiger partial charge in [0, 0.05) is 44.0 Å². The topological polar surface area (TPSA) is 36.7 Å². The number of amides is 1. The zero-order chi connectivity index (χ0) is 17.5. The van der Waals surface area contributed by atoms with E-state index in [9.17, 15) is 4.79 Å². The van der Waals surface area contributed by atoms with Crippen LogP contribution in [0.4, 0.5) is 0 Å². The highest BCUT2D eigenvalue weighted by atomic mass is 35.5. The number of carbonyl (C=O) groups excluding carboxylic acids is 1. The lowest BCUT2D eigenvalue weighted by Crippen LogP contribution is -2.48. The number of benzene rings is 1. The van der Waals surface area contributed by atoms with E-state index in [0.29, 0.717) is 12.8 Å². The number of rotatable bonds is 7. The molecule has 1 aliphatic heterocycles. The Morgan fingerprint density at radius 2 is 1.80 bits per heavy atom. The molecule has 4 nitrogen and oxygen atoms in total. The Hall–Kier alpha value is -1.78. The molecule has 0 atom stereocenters. The highest BCUT2D eigenvalue weighted by molar-refractivity contribution is 6.30. The lowest BCUT2D eigenvalue weighted by atomic mass is 10.1.